The minimum absolute atomic E-state index is 0.223. The summed E-state index contributed by atoms with van der Waals surface area (Å²) in [7, 11) is 2.01. The van der Waals surface area contributed by atoms with Crippen LogP contribution in [0.2, 0.25) is 0 Å². The number of ether oxygens (including phenoxy) is 2. The van der Waals surface area contributed by atoms with E-state index in [2.05, 4.69) is 23.5 Å². The molecule has 2 aliphatic heterocycles. The van der Waals surface area contributed by atoms with Gasteiger partial charge in [-0.15, -0.1) is 0 Å². The summed E-state index contributed by atoms with van der Waals surface area (Å²) in [6, 6.07) is 6.72. The maximum Gasteiger partial charge on any atom is 0.127 e. The van der Waals surface area contributed by atoms with Crippen LogP contribution in [0.25, 0.3) is 0 Å². The first-order valence-corrected chi connectivity index (χ1v) is 8.17. The van der Waals surface area contributed by atoms with Crippen molar-refractivity contribution in [3.05, 3.63) is 29.3 Å². The number of rotatable bonds is 3. The Morgan fingerprint density at radius 2 is 2.32 bits per heavy atom. The Kier molecular flexibility index (Phi) is 4.31. The van der Waals surface area contributed by atoms with Gasteiger partial charge in [0, 0.05) is 17.1 Å². The first kappa shape index (κ1) is 13.3. The van der Waals surface area contributed by atoms with Crippen molar-refractivity contribution >= 4 is 11.8 Å². The minimum Gasteiger partial charge on any atom is -0.493 e. The second-order valence-corrected chi connectivity index (χ2v) is 6.19. The predicted molar refractivity (Wildman–Crippen MR) is 79.1 cm³/mol. The van der Waals surface area contributed by atoms with Crippen LogP contribution < -0.4 is 10.1 Å². The number of nitrogens with one attached hydrogen (secondary N) is 1. The third-order valence-corrected chi connectivity index (χ3v) is 4.84. The standard InChI is InChI=1S/C15H21NO2S/c1-16-14(13-10-19-9-8-17-13)12-6-2-4-11-5-3-7-18-15(11)12/h2,4,6,13-14,16H,3,5,7-10H2,1H3. The molecule has 104 valence electrons. The van der Waals surface area contributed by atoms with Crippen molar-refractivity contribution in [3.63, 3.8) is 0 Å². The number of hydrogen-bond acceptors (Lipinski definition) is 4. The van der Waals surface area contributed by atoms with Crippen molar-refractivity contribution in [2.45, 2.75) is 25.0 Å². The highest BCUT2D eigenvalue weighted by molar-refractivity contribution is 7.99. The Bertz CT molecular complexity index is 432. The normalized spacial score (nSPS) is 24.4. The molecule has 0 radical (unpaired) electrons. The van der Waals surface area contributed by atoms with Gasteiger partial charge >= 0.3 is 0 Å². The predicted octanol–water partition coefficient (Wildman–Crippen LogP) is 2.40. The molecule has 1 saturated heterocycles. The summed E-state index contributed by atoms with van der Waals surface area (Å²) in [6.07, 6.45) is 2.48. The van der Waals surface area contributed by atoms with Gasteiger partial charge in [0.15, 0.2) is 0 Å². The molecule has 0 spiro atoms. The first-order valence-electron chi connectivity index (χ1n) is 7.01. The summed E-state index contributed by atoms with van der Waals surface area (Å²) in [5.41, 5.74) is 2.60. The summed E-state index contributed by atoms with van der Waals surface area (Å²) in [5.74, 6) is 3.25. The van der Waals surface area contributed by atoms with E-state index in [1.807, 2.05) is 18.8 Å². The molecule has 1 aromatic rings. The molecule has 0 aliphatic carbocycles. The summed E-state index contributed by atoms with van der Waals surface area (Å²) in [6.45, 7) is 1.68. The Morgan fingerprint density at radius 1 is 1.37 bits per heavy atom. The van der Waals surface area contributed by atoms with Crippen LogP contribution in [0.3, 0.4) is 0 Å². The van der Waals surface area contributed by atoms with Gasteiger partial charge in [-0.05, 0) is 25.5 Å². The molecule has 1 aromatic carbocycles. The van der Waals surface area contributed by atoms with Crippen LogP contribution in [0, 0.1) is 0 Å². The third kappa shape index (κ3) is 2.76. The highest BCUT2D eigenvalue weighted by atomic mass is 32.2. The fraction of sp³-hybridized carbons (Fsp3) is 0.600. The van der Waals surface area contributed by atoms with Crippen molar-refractivity contribution < 1.29 is 9.47 Å². The van der Waals surface area contributed by atoms with E-state index in [0.717, 1.165) is 43.3 Å². The smallest absolute Gasteiger partial charge is 0.127 e. The molecule has 3 rings (SSSR count). The molecule has 1 fully saturated rings. The maximum atomic E-state index is 5.94. The van der Waals surface area contributed by atoms with Crippen LogP contribution in [-0.2, 0) is 11.2 Å². The summed E-state index contributed by atoms with van der Waals surface area (Å²) in [5, 5.41) is 3.42. The number of benzene rings is 1. The lowest BCUT2D eigenvalue weighted by molar-refractivity contribution is 0.0478. The Labute approximate surface area is 119 Å². The van der Waals surface area contributed by atoms with Gasteiger partial charge in [-0.25, -0.2) is 0 Å². The van der Waals surface area contributed by atoms with Gasteiger partial charge in [-0.1, -0.05) is 18.2 Å². The molecular weight excluding hydrogens is 258 g/mol. The zero-order chi connectivity index (χ0) is 13.1. The lowest BCUT2D eigenvalue weighted by Gasteiger charge is -2.32. The van der Waals surface area contributed by atoms with Crippen LogP contribution in [0.4, 0.5) is 0 Å². The molecule has 2 unspecified atom stereocenters. The van der Waals surface area contributed by atoms with Gasteiger partial charge in [0.1, 0.15) is 5.75 Å². The molecule has 0 amide bonds. The SMILES string of the molecule is CNC(c1cccc2c1OCCC2)C1CSCCO1. The second kappa shape index (κ2) is 6.16. The molecule has 0 saturated carbocycles. The van der Waals surface area contributed by atoms with Crippen molar-refractivity contribution in [2.75, 3.05) is 31.8 Å². The van der Waals surface area contributed by atoms with Gasteiger partial charge in [-0.2, -0.15) is 11.8 Å². The van der Waals surface area contributed by atoms with Gasteiger partial charge in [0.2, 0.25) is 0 Å². The topological polar surface area (TPSA) is 30.5 Å². The molecular formula is C15H21NO2S. The highest BCUT2D eigenvalue weighted by Crippen LogP contribution is 2.36. The lowest BCUT2D eigenvalue weighted by atomic mass is 9.95. The summed E-state index contributed by atoms with van der Waals surface area (Å²) >= 11 is 1.97. The Hall–Kier alpha value is -0.710. The van der Waals surface area contributed by atoms with E-state index in [4.69, 9.17) is 9.47 Å². The number of fused-ring (bicyclic) bond motifs is 1. The van der Waals surface area contributed by atoms with E-state index in [-0.39, 0.29) is 12.1 Å². The van der Waals surface area contributed by atoms with Crippen molar-refractivity contribution in [3.8, 4) is 5.75 Å². The van der Waals surface area contributed by atoms with Crippen LogP contribution in [0.5, 0.6) is 5.75 Å². The van der Waals surface area contributed by atoms with Gasteiger partial charge < -0.3 is 14.8 Å². The van der Waals surface area contributed by atoms with Crippen LogP contribution >= 0.6 is 11.8 Å². The van der Waals surface area contributed by atoms with E-state index >= 15 is 0 Å². The van der Waals surface area contributed by atoms with Gasteiger partial charge in [0.25, 0.3) is 0 Å². The molecule has 2 atom stereocenters. The molecule has 0 aromatic heterocycles. The van der Waals surface area contributed by atoms with E-state index < -0.39 is 0 Å². The highest BCUT2D eigenvalue weighted by Gasteiger charge is 2.29. The van der Waals surface area contributed by atoms with Gasteiger partial charge in [0.05, 0.1) is 25.4 Å². The average Bonchev–Trinajstić information content (AvgIpc) is 2.49. The van der Waals surface area contributed by atoms with Crippen molar-refractivity contribution in [1.29, 1.82) is 0 Å². The van der Waals surface area contributed by atoms with Crippen LogP contribution in [-0.4, -0.2) is 37.9 Å². The fourth-order valence-electron chi connectivity index (χ4n) is 2.90. The van der Waals surface area contributed by atoms with E-state index in [1.54, 1.807) is 0 Å². The third-order valence-electron chi connectivity index (χ3n) is 3.82. The van der Waals surface area contributed by atoms with Crippen LogP contribution in [0.15, 0.2) is 18.2 Å². The molecule has 1 N–H and O–H groups in total. The average molecular weight is 279 g/mol. The Morgan fingerprint density at radius 3 is 3.11 bits per heavy atom. The largest absolute Gasteiger partial charge is 0.493 e. The van der Waals surface area contributed by atoms with Crippen molar-refractivity contribution in [1.82, 2.24) is 5.32 Å². The lowest BCUT2D eigenvalue weighted by Crippen LogP contribution is -2.37. The number of thioether (sulfide) groups is 1. The molecule has 2 aliphatic rings. The molecule has 4 heteroatoms. The number of likely N-dealkylation sites (N-methyl/N-ethyl adjacent to an activating group) is 1. The molecule has 3 nitrogen and oxygen atoms in total. The Balaban J connectivity index is 1.90. The number of hydrogen-bond donors (Lipinski definition) is 1. The van der Waals surface area contributed by atoms with E-state index in [9.17, 15) is 0 Å². The number of aryl methyl sites for hydroxylation is 1. The summed E-state index contributed by atoms with van der Waals surface area (Å²) < 4.78 is 11.9. The summed E-state index contributed by atoms with van der Waals surface area (Å²) in [4.78, 5) is 0. The quantitative estimate of drug-likeness (QED) is 0.920. The monoisotopic (exact) mass is 279 g/mol. The van der Waals surface area contributed by atoms with Crippen molar-refractivity contribution in [2.24, 2.45) is 0 Å². The minimum atomic E-state index is 0.223. The zero-order valence-electron chi connectivity index (χ0n) is 11.4. The van der Waals surface area contributed by atoms with E-state index in [1.165, 1.54) is 11.1 Å². The van der Waals surface area contributed by atoms with Gasteiger partial charge in [-0.3, -0.25) is 0 Å². The molecule has 19 heavy (non-hydrogen) atoms. The zero-order valence-corrected chi connectivity index (χ0v) is 12.2. The van der Waals surface area contributed by atoms with E-state index in [0.29, 0.717) is 0 Å². The second-order valence-electron chi connectivity index (χ2n) is 5.04. The number of para-hydroxylation sites is 1. The maximum absolute atomic E-state index is 5.94. The molecule has 0 bridgehead atoms. The van der Waals surface area contributed by atoms with Crippen LogP contribution in [0.1, 0.15) is 23.6 Å². The first-order chi connectivity index (χ1) is 9.40. The fourth-order valence-corrected chi connectivity index (χ4v) is 3.80. The molecule has 2 heterocycles.